The Morgan fingerprint density at radius 2 is 1.92 bits per heavy atom. The summed E-state index contributed by atoms with van der Waals surface area (Å²) in [5.74, 6) is 0. The van der Waals surface area contributed by atoms with Crippen LogP contribution in [0.2, 0.25) is 0 Å². The molecule has 0 aliphatic rings. The van der Waals surface area contributed by atoms with Gasteiger partial charge in [-0.1, -0.05) is 36.4 Å². The van der Waals surface area contributed by atoms with E-state index in [1.807, 2.05) is 6.92 Å². The highest BCUT2D eigenvalue weighted by Gasteiger charge is 1.91. The average Bonchev–Trinajstić information content (AvgIpc) is 2.08. The van der Waals surface area contributed by atoms with E-state index in [0.29, 0.717) is 0 Å². The maximum absolute atomic E-state index is 3.79. The van der Waals surface area contributed by atoms with Gasteiger partial charge in [0.15, 0.2) is 0 Å². The zero-order valence-electron chi connectivity index (χ0n) is 8.43. The molecule has 0 aliphatic carbocycles. The summed E-state index contributed by atoms with van der Waals surface area (Å²) in [6, 6.07) is 8.65. The molecule has 1 nitrogen and oxygen atoms in total. The molecule has 0 aliphatic heterocycles. The van der Waals surface area contributed by atoms with Gasteiger partial charge in [-0.05, 0) is 25.8 Å². The van der Waals surface area contributed by atoms with Crippen molar-refractivity contribution in [1.29, 1.82) is 0 Å². The van der Waals surface area contributed by atoms with Crippen molar-refractivity contribution in [2.24, 2.45) is 0 Å². The zero-order chi connectivity index (χ0) is 9.68. The lowest BCUT2D eigenvalue weighted by atomic mass is 10.1. The molecule has 0 saturated carbocycles. The number of benzene rings is 1. The van der Waals surface area contributed by atoms with Crippen LogP contribution in [-0.2, 0) is 6.42 Å². The number of nitrogens with one attached hydrogen (secondary N) is 1. The van der Waals surface area contributed by atoms with Gasteiger partial charge in [0.1, 0.15) is 0 Å². The molecule has 0 heterocycles. The standard InChI is InChI=1S/C12H17N/c1-10(2)13-9-8-12-6-4-11(3)5-7-12/h4-7,13H,1,8-9H2,2-3H3. The minimum atomic E-state index is 0.971. The Kier molecular flexibility index (Phi) is 3.56. The summed E-state index contributed by atoms with van der Waals surface area (Å²) in [6.07, 6.45) is 1.06. The Morgan fingerprint density at radius 1 is 1.31 bits per heavy atom. The molecule has 13 heavy (non-hydrogen) atoms. The lowest BCUT2D eigenvalue weighted by Gasteiger charge is -2.05. The molecule has 0 fully saturated rings. The Labute approximate surface area is 80.5 Å². The SMILES string of the molecule is C=C(C)NCCc1ccc(C)cc1. The fourth-order valence-electron chi connectivity index (χ4n) is 1.17. The van der Waals surface area contributed by atoms with E-state index in [9.17, 15) is 0 Å². The number of allylic oxidation sites excluding steroid dienone is 1. The molecule has 0 atom stereocenters. The molecule has 0 saturated heterocycles. The van der Waals surface area contributed by atoms with E-state index < -0.39 is 0 Å². The normalized spacial score (nSPS) is 9.69. The van der Waals surface area contributed by atoms with Crippen LogP contribution in [0.1, 0.15) is 18.1 Å². The first-order valence-electron chi connectivity index (χ1n) is 4.63. The van der Waals surface area contributed by atoms with Crippen molar-refractivity contribution in [3.05, 3.63) is 47.7 Å². The monoisotopic (exact) mass is 175 g/mol. The smallest absolute Gasteiger partial charge is 0.0184 e. The summed E-state index contributed by atoms with van der Waals surface area (Å²) >= 11 is 0. The van der Waals surface area contributed by atoms with Gasteiger partial charge in [0.25, 0.3) is 0 Å². The number of hydrogen-bond donors (Lipinski definition) is 1. The molecule has 1 N–H and O–H groups in total. The van der Waals surface area contributed by atoms with Crippen molar-refractivity contribution < 1.29 is 0 Å². The summed E-state index contributed by atoms with van der Waals surface area (Å²) in [4.78, 5) is 0. The number of rotatable bonds is 4. The maximum Gasteiger partial charge on any atom is 0.0184 e. The van der Waals surface area contributed by atoms with Crippen molar-refractivity contribution in [2.45, 2.75) is 20.3 Å². The third kappa shape index (κ3) is 3.79. The van der Waals surface area contributed by atoms with E-state index in [1.54, 1.807) is 0 Å². The molecule has 70 valence electrons. The lowest BCUT2D eigenvalue weighted by molar-refractivity contribution is 0.791. The van der Waals surface area contributed by atoms with Crippen molar-refractivity contribution in [3.63, 3.8) is 0 Å². The van der Waals surface area contributed by atoms with Crippen molar-refractivity contribution >= 4 is 0 Å². The van der Waals surface area contributed by atoms with E-state index in [4.69, 9.17) is 0 Å². The molecule has 0 aromatic heterocycles. The third-order valence-corrected chi connectivity index (χ3v) is 1.96. The van der Waals surface area contributed by atoms with Gasteiger partial charge in [-0.2, -0.15) is 0 Å². The summed E-state index contributed by atoms with van der Waals surface area (Å²) in [5, 5.41) is 3.21. The molecular formula is C12H17N. The lowest BCUT2D eigenvalue weighted by Crippen LogP contribution is -2.13. The van der Waals surface area contributed by atoms with Gasteiger partial charge in [-0.15, -0.1) is 0 Å². The van der Waals surface area contributed by atoms with Gasteiger partial charge in [-0.25, -0.2) is 0 Å². The molecule has 1 heteroatoms. The van der Waals surface area contributed by atoms with Crippen LogP contribution in [0.15, 0.2) is 36.5 Å². The van der Waals surface area contributed by atoms with E-state index in [0.717, 1.165) is 18.7 Å². The second-order valence-corrected chi connectivity index (χ2v) is 3.44. The second kappa shape index (κ2) is 4.70. The van der Waals surface area contributed by atoms with Gasteiger partial charge in [0.2, 0.25) is 0 Å². The largest absolute Gasteiger partial charge is 0.389 e. The molecular weight excluding hydrogens is 158 g/mol. The van der Waals surface area contributed by atoms with E-state index in [1.165, 1.54) is 11.1 Å². The van der Waals surface area contributed by atoms with E-state index in [-0.39, 0.29) is 0 Å². The predicted molar refractivity (Wildman–Crippen MR) is 57.7 cm³/mol. The Hall–Kier alpha value is -1.24. The van der Waals surface area contributed by atoms with Gasteiger partial charge in [-0.3, -0.25) is 0 Å². The number of hydrogen-bond acceptors (Lipinski definition) is 1. The van der Waals surface area contributed by atoms with Crippen molar-refractivity contribution in [3.8, 4) is 0 Å². The van der Waals surface area contributed by atoms with Crippen LogP contribution in [-0.4, -0.2) is 6.54 Å². The van der Waals surface area contributed by atoms with Crippen molar-refractivity contribution in [2.75, 3.05) is 6.54 Å². The predicted octanol–water partition coefficient (Wildman–Crippen LogP) is 2.66. The van der Waals surface area contributed by atoms with Gasteiger partial charge >= 0.3 is 0 Å². The topological polar surface area (TPSA) is 12.0 Å². The average molecular weight is 175 g/mol. The molecule has 0 bridgehead atoms. The van der Waals surface area contributed by atoms with Crippen LogP contribution in [0.4, 0.5) is 0 Å². The van der Waals surface area contributed by atoms with Crippen LogP contribution < -0.4 is 5.32 Å². The minimum absolute atomic E-state index is 0.971. The summed E-state index contributed by atoms with van der Waals surface area (Å²) in [5.41, 5.74) is 3.73. The van der Waals surface area contributed by atoms with E-state index in [2.05, 4.69) is 43.1 Å². The first kappa shape index (κ1) is 9.85. The fraction of sp³-hybridized carbons (Fsp3) is 0.333. The molecule has 0 unspecified atom stereocenters. The Balaban J connectivity index is 2.37. The van der Waals surface area contributed by atoms with Gasteiger partial charge in [0.05, 0.1) is 0 Å². The van der Waals surface area contributed by atoms with Crippen LogP contribution in [0, 0.1) is 6.92 Å². The summed E-state index contributed by atoms with van der Waals surface area (Å²) in [7, 11) is 0. The van der Waals surface area contributed by atoms with E-state index >= 15 is 0 Å². The Bertz CT molecular complexity index is 272. The highest BCUT2D eigenvalue weighted by molar-refractivity contribution is 5.21. The molecule has 1 aromatic carbocycles. The van der Waals surface area contributed by atoms with Crippen LogP contribution >= 0.6 is 0 Å². The zero-order valence-corrected chi connectivity index (χ0v) is 8.43. The summed E-state index contributed by atoms with van der Waals surface area (Å²) < 4.78 is 0. The van der Waals surface area contributed by atoms with Gasteiger partial charge < -0.3 is 5.32 Å². The second-order valence-electron chi connectivity index (χ2n) is 3.44. The molecule has 1 aromatic rings. The summed E-state index contributed by atoms with van der Waals surface area (Å²) in [6.45, 7) is 8.85. The van der Waals surface area contributed by atoms with Crippen molar-refractivity contribution in [1.82, 2.24) is 5.32 Å². The maximum atomic E-state index is 3.79. The van der Waals surface area contributed by atoms with Gasteiger partial charge in [0, 0.05) is 12.2 Å². The first-order chi connectivity index (χ1) is 6.18. The molecule has 0 radical (unpaired) electrons. The number of aryl methyl sites for hydroxylation is 1. The molecule has 0 spiro atoms. The minimum Gasteiger partial charge on any atom is -0.389 e. The molecule has 1 rings (SSSR count). The van der Waals surface area contributed by atoms with Crippen LogP contribution in [0.3, 0.4) is 0 Å². The quantitative estimate of drug-likeness (QED) is 0.742. The highest BCUT2D eigenvalue weighted by atomic mass is 14.9. The molecule has 0 amide bonds. The fourth-order valence-corrected chi connectivity index (χ4v) is 1.17. The van der Waals surface area contributed by atoms with Crippen LogP contribution in [0.25, 0.3) is 0 Å². The first-order valence-corrected chi connectivity index (χ1v) is 4.63. The highest BCUT2D eigenvalue weighted by Crippen LogP contribution is 2.03. The Morgan fingerprint density at radius 3 is 2.46 bits per heavy atom. The third-order valence-electron chi connectivity index (χ3n) is 1.96. The van der Waals surface area contributed by atoms with Crippen LogP contribution in [0.5, 0.6) is 0 Å².